The predicted molar refractivity (Wildman–Crippen MR) is 83.7 cm³/mol. The molecule has 20 heavy (non-hydrogen) atoms. The average Bonchev–Trinajstić information content (AvgIpc) is 3.01. The van der Waals surface area contributed by atoms with Gasteiger partial charge in [0, 0.05) is 51.3 Å². The summed E-state index contributed by atoms with van der Waals surface area (Å²) in [5, 5.41) is 3.38. The summed E-state index contributed by atoms with van der Waals surface area (Å²) in [6.07, 6.45) is 3.60. The quantitative estimate of drug-likeness (QED) is 0.704. The van der Waals surface area contributed by atoms with Crippen LogP contribution in [-0.2, 0) is 9.47 Å². The fourth-order valence-electron chi connectivity index (χ4n) is 2.44. The Hall–Kier alpha value is -1.26. The molecular weight excluding hydrogens is 252 g/mol. The van der Waals surface area contributed by atoms with Crippen LogP contribution in [0.4, 0.5) is 11.4 Å². The second-order valence-electron chi connectivity index (χ2n) is 5.13. The highest BCUT2D eigenvalue weighted by molar-refractivity contribution is 5.55. The van der Waals surface area contributed by atoms with Gasteiger partial charge in [-0.3, -0.25) is 0 Å². The summed E-state index contributed by atoms with van der Waals surface area (Å²) in [6.45, 7) is 5.51. The minimum Gasteiger partial charge on any atom is -0.385 e. The van der Waals surface area contributed by atoms with E-state index in [9.17, 15) is 0 Å². The molecule has 0 unspecified atom stereocenters. The SMILES string of the molecule is COCCCOCCNc1ccc(N2CCCC2)cc1. The Morgan fingerprint density at radius 2 is 1.80 bits per heavy atom. The van der Waals surface area contributed by atoms with Gasteiger partial charge in [-0.1, -0.05) is 0 Å². The average molecular weight is 278 g/mol. The molecule has 0 aliphatic carbocycles. The lowest BCUT2D eigenvalue weighted by Crippen LogP contribution is -2.17. The molecular formula is C16H26N2O2. The molecule has 1 fully saturated rings. The highest BCUT2D eigenvalue weighted by Gasteiger charge is 2.11. The van der Waals surface area contributed by atoms with E-state index < -0.39 is 0 Å². The van der Waals surface area contributed by atoms with Gasteiger partial charge in [0.1, 0.15) is 0 Å². The van der Waals surface area contributed by atoms with Crippen LogP contribution in [0.5, 0.6) is 0 Å². The molecule has 1 aliphatic rings. The van der Waals surface area contributed by atoms with E-state index >= 15 is 0 Å². The van der Waals surface area contributed by atoms with Gasteiger partial charge in [-0.2, -0.15) is 0 Å². The van der Waals surface area contributed by atoms with Crippen LogP contribution in [0.2, 0.25) is 0 Å². The molecule has 0 atom stereocenters. The summed E-state index contributed by atoms with van der Waals surface area (Å²) < 4.78 is 10.5. The van der Waals surface area contributed by atoms with Crippen LogP contribution in [0.15, 0.2) is 24.3 Å². The maximum Gasteiger partial charge on any atom is 0.0639 e. The van der Waals surface area contributed by atoms with Crippen LogP contribution in [-0.4, -0.2) is 46.6 Å². The molecule has 0 spiro atoms. The molecule has 0 bridgehead atoms. The summed E-state index contributed by atoms with van der Waals surface area (Å²) >= 11 is 0. The van der Waals surface area contributed by atoms with Crippen LogP contribution in [0.3, 0.4) is 0 Å². The first-order valence-electron chi connectivity index (χ1n) is 7.56. The van der Waals surface area contributed by atoms with Gasteiger partial charge in [0.15, 0.2) is 0 Å². The van der Waals surface area contributed by atoms with E-state index in [1.54, 1.807) is 7.11 Å². The van der Waals surface area contributed by atoms with Crippen LogP contribution in [0, 0.1) is 0 Å². The van der Waals surface area contributed by atoms with Crippen molar-refractivity contribution in [1.82, 2.24) is 0 Å². The van der Waals surface area contributed by atoms with Gasteiger partial charge in [-0.25, -0.2) is 0 Å². The van der Waals surface area contributed by atoms with Crippen molar-refractivity contribution in [3.05, 3.63) is 24.3 Å². The van der Waals surface area contributed by atoms with E-state index in [0.717, 1.165) is 38.5 Å². The van der Waals surface area contributed by atoms with Gasteiger partial charge in [0.05, 0.1) is 6.61 Å². The third kappa shape index (κ3) is 5.02. The van der Waals surface area contributed by atoms with E-state index in [0.29, 0.717) is 0 Å². The molecule has 1 aliphatic heterocycles. The molecule has 4 heteroatoms. The third-order valence-electron chi connectivity index (χ3n) is 3.55. The van der Waals surface area contributed by atoms with Gasteiger partial charge in [-0.15, -0.1) is 0 Å². The topological polar surface area (TPSA) is 33.7 Å². The summed E-state index contributed by atoms with van der Waals surface area (Å²) in [4.78, 5) is 2.45. The highest BCUT2D eigenvalue weighted by Crippen LogP contribution is 2.21. The molecule has 1 heterocycles. The van der Waals surface area contributed by atoms with Crippen LogP contribution >= 0.6 is 0 Å². The van der Waals surface area contributed by atoms with Crippen molar-refractivity contribution in [3.63, 3.8) is 0 Å². The molecule has 0 aromatic heterocycles. The molecule has 1 saturated heterocycles. The summed E-state index contributed by atoms with van der Waals surface area (Å²) in [6, 6.07) is 8.71. The van der Waals surface area contributed by atoms with E-state index in [4.69, 9.17) is 9.47 Å². The van der Waals surface area contributed by atoms with Crippen molar-refractivity contribution < 1.29 is 9.47 Å². The van der Waals surface area contributed by atoms with Gasteiger partial charge in [0.2, 0.25) is 0 Å². The Bertz CT molecular complexity index is 361. The Morgan fingerprint density at radius 1 is 1.05 bits per heavy atom. The number of anilines is 2. The smallest absolute Gasteiger partial charge is 0.0639 e. The Kier molecular flexibility index (Phi) is 6.68. The molecule has 1 aromatic rings. The number of nitrogens with zero attached hydrogens (tertiary/aromatic N) is 1. The number of rotatable bonds is 9. The van der Waals surface area contributed by atoms with E-state index in [2.05, 4.69) is 34.5 Å². The second-order valence-corrected chi connectivity index (χ2v) is 5.13. The number of hydrogen-bond donors (Lipinski definition) is 1. The van der Waals surface area contributed by atoms with Crippen molar-refractivity contribution in [2.24, 2.45) is 0 Å². The first-order chi connectivity index (χ1) is 9.90. The Balaban J connectivity index is 1.61. The molecule has 1 N–H and O–H groups in total. The summed E-state index contributed by atoms with van der Waals surface area (Å²) in [5.74, 6) is 0. The van der Waals surface area contributed by atoms with Gasteiger partial charge >= 0.3 is 0 Å². The molecule has 1 aromatic carbocycles. The monoisotopic (exact) mass is 278 g/mol. The fraction of sp³-hybridized carbons (Fsp3) is 0.625. The Labute approximate surface area is 122 Å². The number of nitrogens with one attached hydrogen (secondary N) is 1. The minimum atomic E-state index is 0.734. The van der Waals surface area contributed by atoms with Crippen molar-refractivity contribution in [3.8, 4) is 0 Å². The number of methoxy groups -OCH3 is 1. The number of benzene rings is 1. The van der Waals surface area contributed by atoms with Crippen LogP contribution < -0.4 is 10.2 Å². The van der Waals surface area contributed by atoms with Gasteiger partial charge < -0.3 is 19.7 Å². The van der Waals surface area contributed by atoms with E-state index in [-0.39, 0.29) is 0 Å². The molecule has 0 saturated carbocycles. The van der Waals surface area contributed by atoms with Gasteiger partial charge in [0.25, 0.3) is 0 Å². The zero-order valence-electron chi connectivity index (χ0n) is 12.4. The summed E-state index contributed by atoms with van der Waals surface area (Å²) in [7, 11) is 1.72. The van der Waals surface area contributed by atoms with Gasteiger partial charge in [-0.05, 0) is 43.5 Å². The van der Waals surface area contributed by atoms with Crippen LogP contribution in [0.1, 0.15) is 19.3 Å². The second kappa shape index (κ2) is 8.82. The maximum atomic E-state index is 5.51. The fourth-order valence-corrected chi connectivity index (χ4v) is 2.44. The van der Waals surface area contributed by atoms with Crippen molar-refractivity contribution in [1.29, 1.82) is 0 Å². The van der Waals surface area contributed by atoms with E-state index in [1.807, 2.05) is 0 Å². The normalized spacial score (nSPS) is 14.8. The molecule has 0 radical (unpaired) electrons. The lowest BCUT2D eigenvalue weighted by Gasteiger charge is -2.18. The molecule has 0 amide bonds. The zero-order chi connectivity index (χ0) is 14.0. The Morgan fingerprint density at radius 3 is 2.50 bits per heavy atom. The lowest BCUT2D eigenvalue weighted by atomic mass is 10.2. The van der Waals surface area contributed by atoms with Crippen molar-refractivity contribution in [2.45, 2.75) is 19.3 Å². The minimum absolute atomic E-state index is 0.734. The standard InChI is InChI=1S/C16H26N2O2/c1-19-12-4-13-20-14-9-17-15-5-7-16(8-6-15)18-10-2-3-11-18/h5-8,17H,2-4,9-14H2,1H3. The van der Waals surface area contributed by atoms with Crippen LogP contribution in [0.25, 0.3) is 0 Å². The molecule has 112 valence electrons. The van der Waals surface area contributed by atoms with Crippen molar-refractivity contribution in [2.75, 3.05) is 56.8 Å². The lowest BCUT2D eigenvalue weighted by molar-refractivity contribution is 0.109. The number of ether oxygens (including phenoxy) is 2. The largest absolute Gasteiger partial charge is 0.385 e. The first kappa shape index (κ1) is 15.1. The molecule has 4 nitrogen and oxygen atoms in total. The first-order valence-corrected chi connectivity index (χ1v) is 7.56. The third-order valence-corrected chi connectivity index (χ3v) is 3.55. The zero-order valence-corrected chi connectivity index (χ0v) is 12.4. The van der Waals surface area contributed by atoms with E-state index in [1.165, 1.54) is 31.6 Å². The predicted octanol–water partition coefficient (Wildman–Crippen LogP) is 2.75. The number of hydrogen-bond acceptors (Lipinski definition) is 4. The van der Waals surface area contributed by atoms with Crippen molar-refractivity contribution >= 4 is 11.4 Å². The maximum absolute atomic E-state index is 5.51. The summed E-state index contributed by atoms with van der Waals surface area (Å²) in [5.41, 5.74) is 2.50. The highest BCUT2D eigenvalue weighted by atomic mass is 16.5. The molecule has 2 rings (SSSR count).